The average Bonchev–Trinajstić information content (AvgIpc) is 2.52. The summed E-state index contributed by atoms with van der Waals surface area (Å²) in [5.41, 5.74) is 7.15. The van der Waals surface area contributed by atoms with Gasteiger partial charge in [-0.3, -0.25) is 4.79 Å². The van der Waals surface area contributed by atoms with E-state index in [1.165, 1.54) is 0 Å². The maximum absolute atomic E-state index is 13.5. The number of amides is 1. The minimum absolute atomic E-state index is 0.0162. The zero-order valence-electron chi connectivity index (χ0n) is 12.7. The van der Waals surface area contributed by atoms with Crippen molar-refractivity contribution in [3.8, 4) is 0 Å². The van der Waals surface area contributed by atoms with Crippen molar-refractivity contribution >= 4 is 47.8 Å². The minimum atomic E-state index is -4.10. The normalized spacial score (nSPS) is 18.0. The summed E-state index contributed by atoms with van der Waals surface area (Å²) in [5, 5.41) is 0. The Balaban J connectivity index is 2.14. The molecule has 0 saturated carbocycles. The number of carbonyl (C=O) groups excluding carboxylic acids is 1. The van der Waals surface area contributed by atoms with Crippen LogP contribution in [0.25, 0.3) is 0 Å². The molecule has 9 heteroatoms. The van der Waals surface area contributed by atoms with Crippen LogP contribution in [-0.2, 0) is 27.8 Å². The van der Waals surface area contributed by atoms with Crippen molar-refractivity contribution in [3.63, 3.8) is 0 Å². The monoisotopic (exact) mass is 490 g/mol. The molecule has 2 aromatic carbocycles. The molecule has 1 heterocycles. The van der Waals surface area contributed by atoms with Crippen LogP contribution < -0.4 is 5.73 Å². The molecular weight excluding hydrogens is 479 g/mol. The fraction of sp³-hybridized carbons (Fsp3) is 0.188. The minimum Gasteiger partial charge on any atom is -0.368 e. The number of hydrogen-bond acceptors (Lipinski definition) is 3. The molecule has 3 rings (SSSR count). The first-order valence-electron chi connectivity index (χ1n) is 7.24. The fourth-order valence-corrected chi connectivity index (χ4v) is 6.91. The lowest BCUT2D eigenvalue weighted by atomic mass is 9.96. The lowest BCUT2D eigenvalue weighted by molar-refractivity contribution is -0.122. The zero-order valence-corrected chi connectivity index (χ0v) is 16.7. The quantitative estimate of drug-likeness (QED) is 0.716. The van der Waals surface area contributed by atoms with Crippen LogP contribution >= 0.6 is 31.9 Å². The summed E-state index contributed by atoms with van der Waals surface area (Å²) in [7, 11) is -4.10. The summed E-state index contributed by atoms with van der Waals surface area (Å²) >= 11 is 6.19. The first-order chi connectivity index (χ1) is 11.7. The van der Waals surface area contributed by atoms with E-state index in [-0.39, 0.29) is 26.8 Å². The second kappa shape index (κ2) is 6.79. The van der Waals surface area contributed by atoms with Crippen LogP contribution in [0.5, 0.6) is 0 Å². The highest BCUT2D eigenvalue weighted by molar-refractivity contribution is 9.11. The Morgan fingerprint density at radius 2 is 1.72 bits per heavy atom. The predicted octanol–water partition coefficient (Wildman–Crippen LogP) is 2.95. The average molecular weight is 492 g/mol. The van der Waals surface area contributed by atoms with E-state index in [1.807, 2.05) is 18.2 Å². The Labute approximate surface area is 161 Å². The second-order valence-corrected chi connectivity index (χ2v) is 9.18. The SMILES string of the molecule is NC(=O)[C@@H]1Cc2ccccc2CN1S(=O)(=O)c1c(Br)cc(F)cc1Br. The molecule has 2 aromatic rings. The smallest absolute Gasteiger partial charge is 0.246 e. The predicted molar refractivity (Wildman–Crippen MR) is 97.7 cm³/mol. The van der Waals surface area contributed by atoms with E-state index in [4.69, 9.17) is 5.73 Å². The summed E-state index contributed by atoms with van der Waals surface area (Å²) in [4.78, 5) is 11.8. The highest BCUT2D eigenvalue weighted by Crippen LogP contribution is 2.36. The highest BCUT2D eigenvalue weighted by Gasteiger charge is 2.40. The summed E-state index contributed by atoms with van der Waals surface area (Å²) in [5.74, 6) is -1.32. The van der Waals surface area contributed by atoms with Crippen LogP contribution in [0.2, 0.25) is 0 Å². The molecule has 0 bridgehead atoms. The molecule has 25 heavy (non-hydrogen) atoms. The molecule has 1 aliphatic rings. The maximum Gasteiger partial charge on any atom is 0.246 e. The largest absolute Gasteiger partial charge is 0.368 e. The molecule has 2 N–H and O–H groups in total. The van der Waals surface area contributed by atoms with Gasteiger partial charge in [-0.25, -0.2) is 12.8 Å². The Kier molecular flexibility index (Phi) is 5.02. The summed E-state index contributed by atoms with van der Waals surface area (Å²) in [6, 6.07) is 8.40. The number of primary amides is 1. The number of halogens is 3. The van der Waals surface area contributed by atoms with Gasteiger partial charge >= 0.3 is 0 Å². The van der Waals surface area contributed by atoms with Crippen molar-refractivity contribution < 1.29 is 17.6 Å². The van der Waals surface area contributed by atoms with Crippen LogP contribution in [0.3, 0.4) is 0 Å². The van der Waals surface area contributed by atoms with Gasteiger partial charge in [-0.2, -0.15) is 4.31 Å². The van der Waals surface area contributed by atoms with E-state index in [2.05, 4.69) is 31.9 Å². The van der Waals surface area contributed by atoms with Crippen LogP contribution in [0.1, 0.15) is 11.1 Å². The van der Waals surface area contributed by atoms with Gasteiger partial charge in [0.1, 0.15) is 16.8 Å². The third-order valence-corrected chi connectivity index (χ3v) is 7.80. The number of benzene rings is 2. The van der Waals surface area contributed by atoms with Crippen molar-refractivity contribution in [2.75, 3.05) is 0 Å². The lowest BCUT2D eigenvalue weighted by Crippen LogP contribution is -2.51. The number of carbonyl (C=O) groups is 1. The Hall–Kier alpha value is -1.29. The van der Waals surface area contributed by atoms with Crippen LogP contribution in [-0.4, -0.2) is 24.7 Å². The number of sulfonamides is 1. The molecule has 1 aliphatic heterocycles. The third-order valence-electron chi connectivity index (χ3n) is 4.06. The highest BCUT2D eigenvalue weighted by atomic mass is 79.9. The van der Waals surface area contributed by atoms with E-state index in [0.29, 0.717) is 0 Å². The van der Waals surface area contributed by atoms with Gasteiger partial charge in [-0.15, -0.1) is 0 Å². The molecule has 0 aromatic heterocycles. The van der Waals surface area contributed by atoms with Crippen molar-refractivity contribution in [2.24, 2.45) is 5.73 Å². The standard InChI is InChI=1S/C16H13Br2FN2O3S/c17-12-6-11(19)7-13(18)15(12)25(23,24)21-8-10-4-2-1-3-9(10)5-14(21)16(20)22/h1-4,6-7,14H,5,8H2,(H2,20,22)/t14-/m0/s1. The van der Waals surface area contributed by atoms with Gasteiger partial charge in [0, 0.05) is 15.5 Å². The van der Waals surface area contributed by atoms with E-state index in [1.54, 1.807) is 6.07 Å². The molecule has 0 spiro atoms. The first kappa shape index (κ1) is 18.5. The van der Waals surface area contributed by atoms with Gasteiger partial charge in [0.15, 0.2) is 0 Å². The molecule has 0 radical (unpaired) electrons. The van der Waals surface area contributed by atoms with Crippen LogP contribution in [0, 0.1) is 5.82 Å². The van der Waals surface area contributed by atoms with Gasteiger partial charge in [0.05, 0.1) is 0 Å². The molecule has 1 atom stereocenters. The second-order valence-electron chi connectivity index (χ2n) is 5.64. The topological polar surface area (TPSA) is 80.5 Å². The Morgan fingerprint density at radius 1 is 1.16 bits per heavy atom. The molecule has 1 amide bonds. The van der Waals surface area contributed by atoms with E-state index < -0.39 is 27.8 Å². The number of nitrogens with zero attached hydrogens (tertiary/aromatic N) is 1. The Morgan fingerprint density at radius 3 is 2.28 bits per heavy atom. The number of nitrogens with two attached hydrogens (primary N) is 1. The molecule has 0 aliphatic carbocycles. The molecule has 0 unspecified atom stereocenters. The van der Waals surface area contributed by atoms with Crippen molar-refractivity contribution in [1.82, 2.24) is 4.31 Å². The molecular formula is C16H13Br2FN2O3S. The number of hydrogen-bond donors (Lipinski definition) is 1. The van der Waals surface area contributed by atoms with Crippen LogP contribution in [0.15, 0.2) is 50.2 Å². The van der Waals surface area contributed by atoms with E-state index >= 15 is 0 Å². The van der Waals surface area contributed by atoms with Gasteiger partial charge in [0.25, 0.3) is 0 Å². The van der Waals surface area contributed by atoms with Gasteiger partial charge in [-0.1, -0.05) is 24.3 Å². The fourth-order valence-electron chi connectivity index (χ4n) is 2.89. The van der Waals surface area contributed by atoms with Crippen molar-refractivity contribution in [1.29, 1.82) is 0 Å². The van der Waals surface area contributed by atoms with Crippen LogP contribution in [0.4, 0.5) is 4.39 Å². The molecule has 0 fully saturated rings. The van der Waals surface area contributed by atoms with Crippen molar-refractivity contribution in [3.05, 3.63) is 62.3 Å². The summed E-state index contributed by atoms with van der Waals surface area (Å²) in [6.07, 6.45) is 0.196. The zero-order chi connectivity index (χ0) is 18.4. The summed E-state index contributed by atoms with van der Waals surface area (Å²) in [6.45, 7) is 0.0162. The lowest BCUT2D eigenvalue weighted by Gasteiger charge is -2.34. The maximum atomic E-state index is 13.5. The van der Waals surface area contributed by atoms with Gasteiger partial charge < -0.3 is 5.73 Å². The molecule has 5 nitrogen and oxygen atoms in total. The number of rotatable bonds is 3. The Bertz CT molecular complexity index is 943. The summed E-state index contributed by atoms with van der Waals surface area (Å²) < 4.78 is 41.1. The van der Waals surface area contributed by atoms with Gasteiger partial charge in [-0.05, 0) is 61.5 Å². The first-order valence-corrected chi connectivity index (χ1v) is 10.3. The number of fused-ring (bicyclic) bond motifs is 1. The third kappa shape index (κ3) is 3.38. The molecule has 0 saturated heterocycles. The van der Waals surface area contributed by atoms with E-state index in [9.17, 15) is 17.6 Å². The molecule has 132 valence electrons. The van der Waals surface area contributed by atoms with Crippen molar-refractivity contribution in [2.45, 2.75) is 23.9 Å². The van der Waals surface area contributed by atoms with E-state index in [0.717, 1.165) is 27.6 Å². The van der Waals surface area contributed by atoms with Gasteiger partial charge in [0.2, 0.25) is 15.9 Å².